The molecule has 4 nitrogen and oxygen atoms in total. The Hall–Kier alpha value is -1.16. The van der Waals surface area contributed by atoms with E-state index in [1.807, 2.05) is 6.92 Å². The quantitative estimate of drug-likeness (QED) is 0.789. The number of rotatable bonds is 7. The highest BCUT2D eigenvalue weighted by atomic mass is 16.5. The van der Waals surface area contributed by atoms with E-state index in [2.05, 4.69) is 29.1 Å². The molecule has 0 aliphatic rings. The molecule has 0 aliphatic heterocycles. The molecule has 1 aromatic heterocycles. The van der Waals surface area contributed by atoms with Gasteiger partial charge >= 0.3 is 0 Å². The highest BCUT2D eigenvalue weighted by molar-refractivity contribution is 5.28. The van der Waals surface area contributed by atoms with Crippen LogP contribution in [-0.2, 0) is 6.42 Å². The number of hydrogen-bond acceptors (Lipinski definition) is 4. The Morgan fingerprint density at radius 1 is 1.35 bits per heavy atom. The predicted molar refractivity (Wildman–Crippen MR) is 69.4 cm³/mol. The lowest BCUT2D eigenvalue weighted by Crippen LogP contribution is -2.31. The lowest BCUT2D eigenvalue weighted by atomic mass is 10.0. The van der Waals surface area contributed by atoms with Gasteiger partial charge in [0, 0.05) is 18.0 Å². The molecule has 4 heteroatoms. The number of methoxy groups -OCH3 is 1. The van der Waals surface area contributed by atoms with E-state index in [0.29, 0.717) is 11.9 Å². The first-order valence-electron chi connectivity index (χ1n) is 6.30. The molecule has 0 aromatic carbocycles. The molecule has 0 spiro atoms. The summed E-state index contributed by atoms with van der Waals surface area (Å²) in [5, 5.41) is 3.50. The van der Waals surface area contributed by atoms with Gasteiger partial charge in [-0.2, -0.15) is 0 Å². The maximum atomic E-state index is 5.22. The molecule has 1 N–H and O–H groups in total. The van der Waals surface area contributed by atoms with Crippen molar-refractivity contribution in [1.82, 2.24) is 15.3 Å². The molecule has 0 bridgehead atoms. The van der Waals surface area contributed by atoms with Gasteiger partial charge in [0.25, 0.3) is 0 Å². The van der Waals surface area contributed by atoms with E-state index in [1.165, 1.54) is 12.8 Å². The molecule has 1 heterocycles. The third-order valence-electron chi connectivity index (χ3n) is 2.91. The lowest BCUT2D eigenvalue weighted by molar-refractivity contribution is 0.391. The van der Waals surface area contributed by atoms with E-state index in [-0.39, 0.29) is 0 Å². The van der Waals surface area contributed by atoms with Gasteiger partial charge in [-0.1, -0.05) is 20.3 Å². The van der Waals surface area contributed by atoms with Crippen molar-refractivity contribution < 1.29 is 4.74 Å². The minimum absolute atomic E-state index is 0.489. The maximum absolute atomic E-state index is 5.22. The molecule has 1 rings (SSSR count). The zero-order chi connectivity index (χ0) is 12.7. The van der Waals surface area contributed by atoms with E-state index < -0.39 is 0 Å². The number of aromatic nitrogens is 2. The van der Waals surface area contributed by atoms with Crippen molar-refractivity contribution in [3.63, 3.8) is 0 Å². The van der Waals surface area contributed by atoms with Crippen molar-refractivity contribution >= 4 is 0 Å². The number of nitrogens with one attached hydrogen (secondary N) is 1. The molecule has 0 fully saturated rings. The summed E-state index contributed by atoms with van der Waals surface area (Å²) in [4.78, 5) is 8.46. The number of nitrogens with zero attached hydrogens (tertiary/aromatic N) is 2. The average Bonchev–Trinajstić information content (AvgIpc) is 2.32. The fourth-order valence-electron chi connectivity index (χ4n) is 2.03. The van der Waals surface area contributed by atoms with Crippen LogP contribution in [0.5, 0.6) is 5.88 Å². The van der Waals surface area contributed by atoms with Crippen LogP contribution in [0.2, 0.25) is 0 Å². The van der Waals surface area contributed by atoms with Gasteiger partial charge in [0.05, 0.1) is 12.8 Å². The minimum Gasteiger partial charge on any atom is -0.481 e. The van der Waals surface area contributed by atoms with E-state index in [4.69, 9.17) is 4.74 Å². The molecule has 1 unspecified atom stereocenters. The van der Waals surface area contributed by atoms with E-state index in [1.54, 1.807) is 13.4 Å². The van der Waals surface area contributed by atoms with Crippen LogP contribution in [0.4, 0.5) is 0 Å². The van der Waals surface area contributed by atoms with Crippen molar-refractivity contribution in [3.8, 4) is 5.88 Å². The van der Waals surface area contributed by atoms with Crippen molar-refractivity contribution in [2.24, 2.45) is 0 Å². The van der Waals surface area contributed by atoms with Crippen LogP contribution in [0.25, 0.3) is 0 Å². The van der Waals surface area contributed by atoms with Crippen LogP contribution >= 0.6 is 0 Å². The molecule has 17 heavy (non-hydrogen) atoms. The summed E-state index contributed by atoms with van der Waals surface area (Å²) in [6.45, 7) is 7.35. The fraction of sp³-hybridized carbons (Fsp3) is 0.692. The number of ether oxygens (including phenoxy) is 1. The van der Waals surface area contributed by atoms with Crippen LogP contribution in [0.15, 0.2) is 6.33 Å². The molecule has 0 radical (unpaired) electrons. The van der Waals surface area contributed by atoms with E-state index in [9.17, 15) is 0 Å². The Labute approximate surface area is 104 Å². The summed E-state index contributed by atoms with van der Waals surface area (Å²) >= 11 is 0. The first kappa shape index (κ1) is 13.9. The van der Waals surface area contributed by atoms with Crippen LogP contribution in [0.3, 0.4) is 0 Å². The SMILES string of the molecule is CCCC(Cc1ncnc(OC)c1C)NCC. The second-order valence-electron chi connectivity index (χ2n) is 4.20. The smallest absolute Gasteiger partial charge is 0.219 e. The molecule has 0 aliphatic carbocycles. The lowest BCUT2D eigenvalue weighted by Gasteiger charge is -2.18. The van der Waals surface area contributed by atoms with E-state index >= 15 is 0 Å². The van der Waals surface area contributed by atoms with Gasteiger partial charge in [0.15, 0.2) is 0 Å². The van der Waals surface area contributed by atoms with Crippen molar-refractivity contribution in [1.29, 1.82) is 0 Å². The molecular formula is C13H23N3O. The van der Waals surface area contributed by atoms with E-state index in [0.717, 1.165) is 24.2 Å². The largest absolute Gasteiger partial charge is 0.481 e. The predicted octanol–water partition coefficient (Wildman–Crippen LogP) is 2.11. The van der Waals surface area contributed by atoms with Crippen molar-refractivity contribution in [2.45, 2.75) is 46.1 Å². The molecule has 0 saturated carbocycles. The van der Waals surface area contributed by atoms with Crippen molar-refractivity contribution in [2.75, 3.05) is 13.7 Å². The molecule has 1 aromatic rings. The Morgan fingerprint density at radius 2 is 2.12 bits per heavy atom. The normalized spacial score (nSPS) is 12.5. The second-order valence-corrected chi connectivity index (χ2v) is 4.20. The summed E-state index contributed by atoms with van der Waals surface area (Å²) < 4.78 is 5.22. The van der Waals surface area contributed by atoms with Gasteiger partial charge in [-0.15, -0.1) is 0 Å². The zero-order valence-corrected chi connectivity index (χ0v) is 11.3. The van der Waals surface area contributed by atoms with Crippen LogP contribution in [0, 0.1) is 6.92 Å². The zero-order valence-electron chi connectivity index (χ0n) is 11.3. The minimum atomic E-state index is 0.489. The van der Waals surface area contributed by atoms with Gasteiger partial charge in [-0.3, -0.25) is 0 Å². The Kier molecular flexibility index (Phi) is 5.91. The standard InChI is InChI=1S/C13H23N3O/c1-5-7-11(14-6-2)8-12-10(3)13(17-4)16-9-15-12/h9,11,14H,5-8H2,1-4H3. The van der Waals surface area contributed by atoms with Crippen LogP contribution in [0.1, 0.15) is 37.9 Å². The second kappa shape index (κ2) is 7.22. The summed E-state index contributed by atoms with van der Waals surface area (Å²) in [7, 11) is 1.65. The van der Waals surface area contributed by atoms with Gasteiger partial charge < -0.3 is 10.1 Å². The van der Waals surface area contributed by atoms with Gasteiger partial charge in [-0.05, 0) is 19.9 Å². The first-order valence-corrected chi connectivity index (χ1v) is 6.30. The highest BCUT2D eigenvalue weighted by Crippen LogP contribution is 2.17. The third-order valence-corrected chi connectivity index (χ3v) is 2.91. The maximum Gasteiger partial charge on any atom is 0.219 e. The molecule has 0 amide bonds. The summed E-state index contributed by atoms with van der Waals surface area (Å²) in [5.74, 6) is 0.682. The molecule has 0 saturated heterocycles. The molecule has 1 atom stereocenters. The van der Waals surface area contributed by atoms with Crippen LogP contribution < -0.4 is 10.1 Å². The number of hydrogen-bond donors (Lipinski definition) is 1. The molecule has 96 valence electrons. The molecular weight excluding hydrogens is 214 g/mol. The monoisotopic (exact) mass is 237 g/mol. The van der Waals surface area contributed by atoms with Gasteiger partial charge in [0.2, 0.25) is 5.88 Å². The summed E-state index contributed by atoms with van der Waals surface area (Å²) in [6, 6.07) is 0.489. The highest BCUT2D eigenvalue weighted by Gasteiger charge is 2.13. The Morgan fingerprint density at radius 3 is 2.71 bits per heavy atom. The van der Waals surface area contributed by atoms with Gasteiger partial charge in [-0.25, -0.2) is 9.97 Å². The van der Waals surface area contributed by atoms with Gasteiger partial charge in [0.1, 0.15) is 6.33 Å². The Bertz CT molecular complexity index is 335. The summed E-state index contributed by atoms with van der Waals surface area (Å²) in [6.07, 6.45) is 4.86. The Balaban J connectivity index is 2.77. The average molecular weight is 237 g/mol. The van der Waals surface area contributed by atoms with Crippen molar-refractivity contribution in [3.05, 3.63) is 17.6 Å². The summed E-state index contributed by atoms with van der Waals surface area (Å²) in [5.41, 5.74) is 2.13. The topological polar surface area (TPSA) is 47.0 Å². The fourth-order valence-corrected chi connectivity index (χ4v) is 2.03. The third kappa shape index (κ3) is 3.97. The first-order chi connectivity index (χ1) is 8.22. The number of likely N-dealkylation sites (N-methyl/N-ethyl adjacent to an activating group) is 1. The van der Waals surface area contributed by atoms with Crippen LogP contribution in [-0.4, -0.2) is 29.7 Å².